The zero-order valence-corrected chi connectivity index (χ0v) is 27.6. The lowest BCUT2D eigenvalue weighted by Crippen LogP contribution is -2.53. The van der Waals surface area contributed by atoms with Crippen molar-refractivity contribution in [1.29, 1.82) is 0 Å². The van der Waals surface area contributed by atoms with Gasteiger partial charge in [-0.2, -0.15) is 0 Å². The number of halogens is 1. The number of hydrogen-bond donors (Lipinski definition) is 1. The van der Waals surface area contributed by atoms with Crippen LogP contribution in [0.1, 0.15) is 24.5 Å². The van der Waals surface area contributed by atoms with Gasteiger partial charge in [-0.1, -0.05) is 79.2 Å². The third kappa shape index (κ3) is 8.58. The van der Waals surface area contributed by atoms with Crippen LogP contribution in [0.25, 0.3) is 0 Å². The molecule has 0 saturated heterocycles. The van der Waals surface area contributed by atoms with Crippen molar-refractivity contribution in [3.8, 4) is 11.5 Å². The Hall–Kier alpha value is -4.54. The van der Waals surface area contributed by atoms with Gasteiger partial charge in [0, 0.05) is 30.6 Å². The van der Waals surface area contributed by atoms with Crippen LogP contribution in [-0.2, 0) is 32.6 Å². The number of carbonyl (C=O) groups excluding carboxylic acids is 2. The van der Waals surface area contributed by atoms with Gasteiger partial charge in [0.05, 0.1) is 24.8 Å². The molecule has 0 unspecified atom stereocenters. The second-order valence-electron chi connectivity index (χ2n) is 10.5. The molecule has 0 bridgehead atoms. The first kappa shape index (κ1) is 34.3. The Morgan fingerprint density at radius 2 is 1.46 bits per heavy atom. The van der Waals surface area contributed by atoms with E-state index in [1.807, 2.05) is 37.3 Å². The molecule has 1 atom stereocenters. The van der Waals surface area contributed by atoms with Gasteiger partial charge < -0.3 is 19.7 Å². The highest BCUT2D eigenvalue weighted by Crippen LogP contribution is 2.32. The average Bonchev–Trinajstić information content (AvgIpc) is 3.08. The molecule has 2 amide bonds. The molecular formula is C35H38ClN3O6S. The highest BCUT2D eigenvalue weighted by molar-refractivity contribution is 7.92. The molecule has 0 heterocycles. The second kappa shape index (κ2) is 16.1. The topological polar surface area (TPSA) is 105 Å². The van der Waals surface area contributed by atoms with Crippen LogP contribution in [0.4, 0.5) is 5.69 Å². The van der Waals surface area contributed by atoms with Crippen LogP contribution in [0.2, 0.25) is 5.02 Å². The van der Waals surface area contributed by atoms with Gasteiger partial charge in [-0.3, -0.25) is 13.9 Å². The Balaban J connectivity index is 1.79. The first-order chi connectivity index (χ1) is 22.2. The lowest BCUT2D eigenvalue weighted by Gasteiger charge is -2.34. The molecule has 0 spiro atoms. The normalized spacial score (nSPS) is 11.7. The summed E-state index contributed by atoms with van der Waals surface area (Å²) in [6.07, 6.45) is 0.934. The molecule has 0 fully saturated rings. The maximum Gasteiger partial charge on any atom is 0.264 e. The largest absolute Gasteiger partial charge is 0.493 e. The molecule has 46 heavy (non-hydrogen) atoms. The fourth-order valence-corrected chi connectivity index (χ4v) is 6.49. The van der Waals surface area contributed by atoms with Crippen molar-refractivity contribution in [3.63, 3.8) is 0 Å². The number of hydrogen-bond acceptors (Lipinski definition) is 6. The van der Waals surface area contributed by atoms with E-state index in [4.69, 9.17) is 21.1 Å². The highest BCUT2D eigenvalue weighted by atomic mass is 35.5. The van der Waals surface area contributed by atoms with Crippen LogP contribution in [0.3, 0.4) is 0 Å². The van der Waals surface area contributed by atoms with Gasteiger partial charge >= 0.3 is 0 Å². The lowest BCUT2D eigenvalue weighted by atomic mass is 10.0. The van der Waals surface area contributed by atoms with E-state index in [9.17, 15) is 18.0 Å². The number of methoxy groups -OCH3 is 2. The molecule has 4 aromatic rings. The van der Waals surface area contributed by atoms with Crippen molar-refractivity contribution < 1.29 is 27.5 Å². The molecule has 9 nitrogen and oxygen atoms in total. The molecular weight excluding hydrogens is 626 g/mol. The molecule has 0 aliphatic rings. The van der Waals surface area contributed by atoms with Crippen molar-refractivity contribution in [2.75, 3.05) is 31.6 Å². The number of amides is 2. The Labute approximate surface area is 275 Å². The van der Waals surface area contributed by atoms with Gasteiger partial charge in [0.15, 0.2) is 11.5 Å². The van der Waals surface area contributed by atoms with E-state index >= 15 is 0 Å². The smallest absolute Gasteiger partial charge is 0.264 e. The zero-order valence-electron chi connectivity index (χ0n) is 26.1. The van der Waals surface area contributed by atoms with Gasteiger partial charge in [-0.25, -0.2) is 8.42 Å². The van der Waals surface area contributed by atoms with E-state index in [1.165, 1.54) is 37.3 Å². The number of anilines is 1. The summed E-state index contributed by atoms with van der Waals surface area (Å²) in [6.45, 7) is 1.85. The predicted octanol–water partition coefficient (Wildman–Crippen LogP) is 5.72. The summed E-state index contributed by atoms with van der Waals surface area (Å²) < 4.78 is 40.2. The summed E-state index contributed by atoms with van der Waals surface area (Å²) in [5, 5.41) is 3.46. The van der Waals surface area contributed by atoms with Crippen LogP contribution in [0.5, 0.6) is 11.5 Å². The first-order valence-electron chi connectivity index (χ1n) is 14.8. The number of nitrogens with zero attached hydrogens (tertiary/aromatic N) is 2. The van der Waals surface area contributed by atoms with Crippen LogP contribution >= 0.6 is 11.6 Å². The van der Waals surface area contributed by atoms with Gasteiger partial charge in [-0.15, -0.1) is 0 Å². The third-order valence-corrected chi connectivity index (χ3v) is 9.37. The summed E-state index contributed by atoms with van der Waals surface area (Å²) in [4.78, 5) is 29.6. The Bertz CT molecular complexity index is 1700. The van der Waals surface area contributed by atoms with E-state index < -0.39 is 28.5 Å². The maximum absolute atomic E-state index is 14.5. The van der Waals surface area contributed by atoms with Crippen molar-refractivity contribution >= 4 is 39.1 Å². The van der Waals surface area contributed by atoms with Crippen LogP contribution in [0.15, 0.2) is 108 Å². The van der Waals surface area contributed by atoms with Crippen molar-refractivity contribution in [3.05, 3.63) is 119 Å². The Kier molecular flexibility index (Phi) is 12.1. The van der Waals surface area contributed by atoms with Crippen molar-refractivity contribution in [1.82, 2.24) is 10.2 Å². The summed E-state index contributed by atoms with van der Waals surface area (Å²) in [5.41, 5.74) is 1.87. The molecule has 0 radical (unpaired) electrons. The highest BCUT2D eigenvalue weighted by Gasteiger charge is 2.35. The summed E-state index contributed by atoms with van der Waals surface area (Å²) >= 11 is 6.14. The maximum atomic E-state index is 14.5. The average molecular weight is 664 g/mol. The van der Waals surface area contributed by atoms with E-state index in [2.05, 4.69) is 5.32 Å². The number of para-hydroxylation sites is 1. The van der Waals surface area contributed by atoms with Gasteiger partial charge in [0.2, 0.25) is 11.8 Å². The number of benzene rings is 4. The monoisotopic (exact) mass is 663 g/mol. The molecule has 4 rings (SSSR count). The molecule has 0 aliphatic heterocycles. The van der Waals surface area contributed by atoms with Gasteiger partial charge in [-0.05, 0) is 53.9 Å². The minimum atomic E-state index is -4.31. The SMILES string of the molecule is CCCNC(=O)[C@@H](Cc1ccccc1)N(Cc1ccc(Cl)cc1)C(=O)CN(c1ccccc1)S(=O)(=O)c1ccc(OC)c(OC)c1. The molecule has 1 N–H and O–H groups in total. The number of ether oxygens (including phenoxy) is 2. The molecule has 0 aromatic heterocycles. The zero-order chi connectivity index (χ0) is 33.1. The number of carbonyl (C=O) groups is 2. The van der Waals surface area contributed by atoms with E-state index in [-0.39, 0.29) is 35.2 Å². The molecule has 11 heteroatoms. The fraction of sp³-hybridized carbons (Fsp3) is 0.257. The van der Waals surface area contributed by atoms with Crippen molar-refractivity contribution in [2.45, 2.75) is 37.2 Å². The minimum Gasteiger partial charge on any atom is -0.493 e. The van der Waals surface area contributed by atoms with Crippen molar-refractivity contribution in [2.24, 2.45) is 0 Å². The summed E-state index contributed by atoms with van der Waals surface area (Å²) in [7, 11) is -1.43. The van der Waals surface area contributed by atoms with Crippen LogP contribution in [0, 0.1) is 0 Å². The fourth-order valence-electron chi connectivity index (χ4n) is 4.93. The van der Waals surface area contributed by atoms with E-state index in [0.29, 0.717) is 23.7 Å². The van der Waals surface area contributed by atoms with Crippen LogP contribution in [-0.4, -0.2) is 58.5 Å². The lowest BCUT2D eigenvalue weighted by molar-refractivity contribution is -0.140. The summed E-state index contributed by atoms with van der Waals surface area (Å²) in [6, 6.07) is 28.1. The third-order valence-electron chi connectivity index (χ3n) is 7.35. The van der Waals surface area contributed by atoms with E-state index in [1.54, 1.807) is 54.6 Å². The first-order valence-corrected chi connectivity index (χ1v) is 16.6. The molecule has 4 aromatic carbocycles. The quantitative estimate of drug-likeness (QED) is 0.175. The van der Waals surface area contributed by atoms with E-state index in [0.717, 1.165) is 15.4 Å². The number of rotatable bonds is 15. The van der Waals surface area contributed by atoms with Crippen LogP contribution < -0.4 is 19.1 Å². The Morgan fingerprint density at radius 3 is 2.07 bits per heavy atom. The minimum absolute atomic E-state index is 0.0477. The molecule has 0 saturated carbocycles. The summed E-state index contributed by atoms with van der Waals surface area (Å²) in [5.74, 6) is -0.306. The number of sulfonamides is 1. The Morgan fingerprint density at radius 1 is 0.826 bits per heavy atom. The predicted molar refractivity (Wildman–Crippen MR) is 180 cm³/mol. The number of nitrogens with one attached hydrogen (secondary N) is 1. The van der Waals surface area contributed by atoms with Gasteiger partial charge in [0.1, 0.15) is 12.6 Å². The molecule has 0 aliphatic carbocycles. The standard InChI is InChI=1S/C35H38ClN3O6S/c1-4-21-37-35(41)31(22-26-11-7-5-8-12-26)38(24-27-15-17-28(36)18-16-27)34(40)25-39(29-13-9-6-10-14-29)46(42,43)30-19-20-32(44-2)33(23-30)45-3/h5-20,23,31H,4,21-22,24-25H2,1-3H3,(H,37,41)/t31-/m1/s1. The molecule has 242 valence electrons. The second-order valence-corrected chi connectivity index (χ2v) is 12.8. The van der Waals surface area contributed by atoms with Gasteiger partial charge in [0.25, 0.3) is 10.0 Å².